The summed E-state index contributed by atoms with van der Waals surface area (Å²) in [4.78, 5) is 22.3. The number of benzene rings is 1. The minimum Gasteiger partial charge on any atom is -0.442 e. The summed E-state index contributed by atoms with van der Waals surface area (Å²) in [6.07, 6.45) is -1.69. The van der Waals surface area contributed by atoms with Gasteiger partial charge in [-0.2, -0.15) is 0 Å². The molecule has 0 heterocycles. The lowest BCUT2D eigenvalue weighted by Crippen LogP contribution is -2.32. The SMILES string of the molecule is CCCCC(OC(N)=O)C(OC(N)=O)c1ccc(Cl)cc1Cl. The van der Waals surface area contributed by atoms with Crippen LogP contribution in [0.4, 0.5) is 9.59 Å². The summed E-state index contributed by atoms with van der Waals surface area (Å²) in [5.74, 6) is 0. The van der Waals surface area contributed by atoms with Crippen LogP contribution in [-0.2, 0) is 9.47 Å². The van der Waals surface area contributed by atoms with Gasteiger partial charge in [0, 0.05) is 15.6 Å². The Balaban J connectivity index is 3.15. The fraction of sp³-hybridized carbons (Fsp3) is 0.429. The molecule has 0 spiro atoms. The Morgan fingerprint density at radius 3 is 2.32 bits per heavy atom. The largest absolute Gasteiger partial charge is 0.442 e. The van der Waals surface area contributed by atoms with Crippen LogP contribution in [0.2, 0.25) is 10.0 Å². The average molecular weight is 349 g/mol. The summed E-state index contributed by atoms with van der Waals surface area (Å²) >= 11 is 12.0. The van der Waals surface area contributed by atoms with Crippen LogP contribution in [0.25, 0.3) is 0 Å². The standard InChI is InChI=1S/C14H18Cl2N2O4/c1-2-3-4-11(21-13(17)19)12(22-14(18)20)9-6-5-8(15)7-10(9)16/h5-7,11-12H,2-4H2,1H3,(H2,17,19)(H2,18,20). The van der Waals surface area contributed by atoms with E-state index in [-0.39, 0.29) is 5.02 Å². The highest BCUT2D eigenvalue weighted by Crippen LogP contribution is 2.33. The van der Waals surface area contributed by atoms with Gasteiger partial charge in [-0.15, -0.1) is 0 Å². The summed E-state index contributed by atoms with van der Waals surface area (Å²) in [6, 6.07) is 4.67. The molecule has 22 heavy (non-hydrogen) atoms. The third-order valence-corrected chi connectivity index (χ3v) is 3.52. The number of hydrogen-bond donors (Lipinski definition) is 2. The molecule has 0 aliphatic rings. The van der Waals surface area contributed by atoms with Crippen molar-refractivity contribution < 1.29 is 19.1 Å². The number of ether oxygens (including phenoxy) is 2. The molecule has 0 aliphatic carbocycles. The molecule has 2 unspecified atom stereocenters. The van der Waals surface area contributed by atoms with E-state index in [9.17, 15) is 9.59 Å². The number of carbonyl (C=O) groups is 2. The maximum atomic E-state index is 11.2. The molecule has 2 amide bonds. The Hall–Kier alpha value is -1.66. The van der Waals surface area contributed by atoms with Crippen LogP contribution in [0.3, 0.4) is 0 Å². The molecule has 4 N–H and O–H groups in total. The molecule has 0 saturated heterocycles. The lowest BCUT2D eigenvalue weighted by Gasteiger charge is -2.26. The van der Waals surface area contributed by atoms with Crippen LogP contribution in [-0.4, -0.2) is 18.3 Å². The first-order chi connectivity index (χ1) is 10.3. The number of rotatable bonds is 7. The van der Waals surface area contributed by atoms with Gasteiger partial charge in [0.05, 0.1) is 0 Å². The van der Waals surface area contributed by atoms with E-state index in [1.807, 2.05) is 6.92 Å². The van der Waals surface area contributed by atoms with E-state index in [2.05, 4.69) is 0 Å². The van der Waals surface area contributed by atoms with Gasteiger partial charge in [-0.25, -0.2) is 9.59 Å². The van der Waals surface area contributed by atoms with E-state index >= 15 is 0 Å². The summed E-state index contributed by atoms with van der Waals surface area (Å²) in [5, 5.41) is 0.695. The fourth-order valence-corrected chi connectivity index (χ4v) is 2.54. The maximum Gasteiger partial charge on any atom is 0.405 e. The second-order valence-corrected chi connectivity index (χ2v) is 5.48. The van der Waals surface area contributed by atoms with Crippen molar-refractivity contribution in [2.75, 3.05) is 0 Å². The fourth-order valence-electron chi connectivity index (χ4n) is 2.02. The highest BCUT2D eigenvalue weighted by molar-refractivity contribution is 6.35. The smallest absolute Gasteiger partial charge is 0.405 e. The van der Waals surface area contributed by atoms with Crippen molar-refractivity contribution in [3.8, 4) is 0 Å². The number of nitrogens with two attached hydrogens (primary N) is 2. The van der Waals surface area contributed by atoms with Crippen LogP contribution < -0.4 is 11.5 Å². The van der Waals surface area contributed by atoms with Crippen molar-refractivity contribution >= 4 is 35.4 Å². The average Bonchev–Trinajstić information content (AvgIpc) is 2.41. The third-order valence-electron chi connectivity index (χ3n) is 2.96. The van der Waals surface area contributed by atoms with Crippen molar-refractivity contribution in [3.63, 3.8) is 0 Å². The third kappa shape index (κ3) is 5.61. The summed E-state index contributed by atoms with van der Waals surface area (Å²) in [5.41, 5.74) is 10.6. The van der Waals surface area contributed by atoms with Crippen LogP contribution in [0.15, 0.2) is 18.2 Å². The topological polar surface area (TPSA) is 105 Å². The van der Waals surface area contributed by atoms with Gasteiger partial charge in [0.15, 0.2) is 6.10 Å². The van der Waals surface area contributed by atoms with Gasteiger partial charge in [0.25, 0.3) is 0 Å². The quantitative estimate of drug-likeness (QED) is 0.781. The first-order valence-electron chi connectivity index (χ1n) is 6.72. The molecule has 8 heteroatoms. The summed E-state index contributed by atoms with van der Waals surface area (Å²) < 4.78 is 10.2. The highest BCUT2D eigenvalue weighted by Gasteiger charge is 2.30. The molecule has 1 rings (SSSR count). The Labute approximate surface area is 138 Å². The van der Waals surface area contributed by atoms with Crippen LogP contribution in [0.1, 0.15) is 37.9 Å². The normalized spacial score (nSPS) is 13.2. The molecular weight excluding hydrogens is 331 g/mol. The van der Waals surface area contributed by atoms with E-state index in [1.165, 1.54) is 6.07 Å². The first kappa shape index (κ1) is 18.4. The Morgan fingerprint density at radius 2 is 1.82 bits per heavy atom. The Kier molecular flexibility index (Phi) is 7.27. The minimum atomic E-state index is -1.01. The van der Waals surface area contributed by atoms with Gasteiger partial charge in [0.2, 0.25) is 0 Å². The molecule has 0 fully saturated rings. The first-order valence-corrected chi connectivity index (χ1v) is 7.47. The van der Waals surface area contributed by atoms with Crippen molar-refractivity contribution in [2.45, 2.75) is 38.4 Å². The highest BCUT2D eigenvalue weighted by atomic mass is 35.5. The molecule has 1 aromatic rings. The monoisotopic (exact) mass is 348 g/mol. The minimum absolute atomic E-state index is 0.272. The van der Waals surface area contributed by atoms with Crippen molar-refractivity contribution in [1.29, 1.82) is 0 Å². The molecule has 0 aliphatic heterocycles. The number of amides is 2. The van der Waals surface area contributed by atoms with Crippen LogP contribution in [0.5, 0.6) is 0 Å². The molecule has 0 saturated carbocycles. The molecule has 2 atom stereocenters. The predicted octanol–water partition coefficient (Wildman–Crippen LogP) is 3.78. The second-order valence-electron chi connectivity index (χ2n) is 4.64. The number of hydrogen-bond acceptors (Lipinski definition) is 4. The van der Waals surface area contributed by atoms with Gasteiger partial charge in [-0.05, 0) is 25.0 Å². The lowest BCUT2D eigenvalue weighted by molar-refractivity contribution is -0.00963. The molecule has 0 aromatic heterocycles. The molecule has 0 bridgehead atoms. The number of carbonyl (C=O) groups excluding carboxylic acids is 2. The number of primary amides is 2. The van der Waals surface area contributed by atoms with Crippen molar-refractivity contribution in [2.24, 2.45) is 11.5 Å². The van der Waals surface area contributed by atoms with E-state index < -0.39 is 24.4 Å². The summed E-state index contributed by atoms with van der Waals surface area (Å²) in [6.45, 7) is 1.97. The number of halogens is 2. The summed E-state index contributed by atoms with van der Waals surface area (Å²) in [7, 11) is 0. The Morgan fingerprint density at radius 1 is 1.18 bits per heavy atom. The van der Waals surface area contributed by atoms with Crippen molar-refractivity contribution in [1.82, 2.24) is 0 Å². The predicted molar refractivity (Wildman–Crippen MR) is 83.9 cm³/mol. The molecule has 6 nitrogen and oxygen atoms in total. The van der Waals surface area contributed by atoms with Gasteiger partial charge in [-0.1, -0.05) is 42.6 Å². The molecule has 122 valence electrons. The van der Waals surface area contributed by atoms with Crippen LogP contribution >= 0.6 is 23.2 Å². The van der Waals surface area contributed by atoms with E-state index in [4.69, 9.17) is 44.1 Å². The van der Waals surface area contributed by atoms with Gasteiger partial charge in [0.1, 0.15) is 6.10 Å². The van der Waals surface area contributed by atoms with E-state index in [1.54, 1.807) is 12.1 Å². The second kappa shape index (κ2) is 8.70. The van der Waals surface area contributed by atoms with Gasteiger partial charge >= 0.3 is 12.2 Å². The Bertz CT molecular complexity index is 540. The van der Waals surface area contributed by atoms with E-state index in [0.717, 1.165) is 12.8 Å². The molecular formula is C14H18Cl2N2O4. The lowest BCUT2D eigenvalue weighted by atomic mass is 9.99. The zero-order chi connectivity index (χ0) is 16.7. The van der Waals surface area contributed by atoms with Gasteiger partial charge in [-0.3, -0.25) is 0 Å². The molecule has 0 radical (unpaired) electrons. The van der Waals surface area contributed by atoms with Crippen LogP contribution in [0, 0.1) is 0 Å². The van der Waals surface area contributed by atoms with Gasteiger partial charge < -0.3 is 20.9 Å². The zero-order valence-corrected chi connectivity index (χ0v) is 13.6. The van der Waals surface area contributed by atoms with E-state index in [0.29, 0.717) is 17.0 Å². The zero-order valence-electron chi connectivity index (χ0n) is 12.1. The maximum absolute atomic E-state index is 11.2. The number of unbranched alkanes of at least 4 members (excludes halogenated alkanes) is 1. The molecule has 1 aromatic carbocycles. The van der Waals surface area contributed by atoms with Crippen molar-refractivity contribution in [3.05, 3.63) is 33.8 Å².